The Balaban J connectivity index is 2.38. The van der Waals surface area contributed by atoms with Gasteiger partial charge < -0.3 is 11.1 Å². The van der Waals surface area contributed by atoms with Crippen LogP contribution in [0.5, 0.6) is 0 Å². The van der Waals surface area contributed by atoms with Crippen molar-refractivity contribution in [2.45, 2.75) is 38.6 Å². The largest absolute Gasteiger partial charge is 0.352 e. The van der Waals surface area contributed by atoms with Crippen LogP contribution in [0.25, 0.3) is 0 Å². The van der Waals surface area contributed by atoms with Crippen LogP contribution in [0.3, 0.4) is 0 Å². The minimum Gasteiger partial charge on any atom is -0.352 e. The molecule has 1 unspecified atom stereocenters. The van der Waals surface area contributed by atoms with Crippen LogP contribution in [0.4, 0.5) is 0 Å². The van der Waals surface area contributed by atoms with Gasteiger partial charge in [-0.15, -0.1) is 0 Å². The van der Waals surface area contributed by atoms with Crippen molar-refractivity contribution in [2.24, 2.45) is 11.7 Å². The van der Waals surface area contributed by atoms with Gasteiger partial charge in [-0.05, 0) is 25.3 Å². The summed E-state index contributed by atoms with van der Waals surface area (Å²) in [5, 5.41) is 2.78. The number of hydrogen-bond acceptors (Lipinski definition) is 4. The fourth-order valence-corrected chi connectivity index (χ4v) is 3.70. The van der Waals surface area contributed by atoms with Crippen LogP contribution < -0.4 is 11.1 Å². The normalized spacial score (nSPS) is 19.2. The number of nitrogens with two attached hydrogens (primary N) is 1. The standard InChI is InChI=1S/C11H22N2O3S/c1-9(6-12)7-17(15,16)8-11(14)13-10-4-2-3-5-10/h9-10H,2-8,12H2,1H3,(H,13,14). The molecule has 0 aromatic rings. The molecule has 0 bridgehead atoms. The summed E-state index contributed by atoms with van der Waals surface area (Å²) in [6.45, 7) is 2.09. The maximum Gasteiger partial charge on any atom is 0.235 e. The van der Waals surface area contributed by atoms with E-state index in [1.165, 1.54) is 0 Å². The van der Waals surface area contributed by atoms with E-state index in [0.717, 1.165) is 25.7 Å². The molecule has 0 aliphatic heterocycles. The van der Waals surface area contributed by atoms with Crippen molar-refractivity contribution in [3.63, 3.8) is 0 Å². The first-order valence-corrected chi connectivity index (χ1v) is 7.95. The van der Waals surface area contributed by atoms with Crippen LogP contribution in [0.15, 0.2) is 0 Å². The van der Waals surface area contributed by atoms with Crippen LogP contribution in [0.1, 0.15) is 32.6 Å². The summed E-state index contributed by atoms with van der Waals surface area (Å²) in [6.07, 6.45) is 4.15. The zero-order chi connectivity index (χ0) is 12.9. The Kier molecular flexibility index (Phi) is 5.39. The molecule has 0 radical (unpaired) electrons. The molecule has 17 heavy (non-hydrogen) atoms. The second-order valence-corrected chi connectivity index (χ2v) is 7.05. The molecule has 0 spiro atoms. The van der Waals surface area contributed by atoms with Gasteiger partial charge in [0.15, 0.2) is 9.84 Å². The zero-order valence-corrected chi connectivity index (χ0v) is 11.1. The predicted molar refractivity (Wildman–Crippen MR) is 67.3 cm³/mol. The molecule has 1 fully saturated rings. The van der Waals surface area contributed by atoms with E-state index in [1.54, 1.807) is 6.92 Å². The molecule has 3 N–H and O–H groups in total. The van der Waals surface area contributed by atoms with Gasteiger partial charge in [0.05, 0.1) is 5.75 Å². The summed E-state index contributed by atoms with van der Waals surface area (Å²) < 4.78 is 23.3. The molecule has 6 heteroatoms. The topological polar surface area (TPSA) is 89.3 Å². The number of sulfone groups is 1. The Morgan fingerprint density at radius 1 is 1.41 bits per heavy atom. The highest BCUT2D eigenvalue weighted by molar-refractivity contribution is 7.92. The number of hydrogen-bond donors (Lipinski definition) is 2. The lowest BCUT2D eigenvalue weighted by Gasteiger charge is -2.13. The van der Waals surface area contributed by atoms with E-state index < -0.39 is 15.6 Å². The van der Waals surface area contributed by atoms with Gasteiger partial charge in [0.25, 0.3) is 0 Å². The van der Waals surface area contributed by atoms with Gasteiger partial charge in [0.2, 0.25) is 5.91 Å². The summed E-state index contributed by atoms with van der Waals surface area (Å²) in [4.78, 5) is 11.6. The fourth-order valence-electron chi connectivity index (χ4n) is 2.10. The molecule has 1 aliphatic rings. The average Bonchev–Trinajstić information content (AvgIpc) is 2.68. The minimum absolute atomic E-state index is 0.0123. The Morgan fingerprint density at radius 3 is 2.53 bits per heavy atom. The predicted octanol–water partition coefficient (Wildman–Crippen LogP) is 0.0548. The first-order chi connectivity index (χ1) is 7.93. The Morgan fingerprint density at radius 2 is 2.00 bits per heavy atom. The summed E-state index contributed by atoms with van der Waals surface area (Å²) in [6, 6.07) is 0.171. The van der Waals surface area contributed by atoms with Crippen molar-refractivity contribution < 1.29 is 13.2 Å². The highest BCUT2D eigenvalue weighted by Gasteiger charge is 2.22. The van der Waals surface area contributed by atoms with Crippen LogP contribution in [-0.2, 0) is 14.6 Å². The summed E-state index contributed by atoms with van der Waals surface area (Å²) >= 11 is 0. The van der Waals surface area contributed by atoms with E-state index in [4.69, 9.17) is 5.73 Å². The number of nitrogens with one attached hydrogen (secondary N) is 1. The van der Waals surface area contributed by atoms with E-state index in [1.807, 2.05) is 0 Å². The van der Waals surface area contributed by atoms with Crippen LogP contribution >= 0.6 is 0 Å². The smallest absolute Gasteiger partial charge is 0.235 e. The van der Waals surface area contributed by atoms with E-state index in [0.29, 0.717) is 6.54 Å². The molecule has 1 atom stereocenters. The third kappa shape index (κ3) is 5.50. The fraction of sp³-hybridized carbons (Fsp3) is 0.909. The molecule has 5 nitrogen and oxygen atoms in total. The quantitative estimate of drug-likeness (QED) is 0.708. The SMILES string of the molecule is CC(CN)CS(=O)(=O)CC(=O)NC1CCCC1. The first-order valence-electron chi connectivity index (χ1n) is 6.13. The molecule has 1 aliphatic carbocycles. The van der Waals surface area contributed by atoms with E-state index in [2.05, 4.69) is 5.32 Å². The molecular weight excluding hydrogens is 240 g/mol. The molecule has 100 valence electrons. The lowest BCUT2D eigenvalue weighted by Crippen LogP contribution is -2.38. The zero-order valence-electron chi connectivity index (χ0n) is 10.3. The lowest BCUT2D eigenvalue weighted by molar-refractivity contribution is -0.119. The van der Waals surface area contributed by atoms with Gasteiger partial charge in [0, 0.05) is 6.04 Å². The summed E-state index contributed by atoms with van der Waals surface area (Å²) in [5.74, 6) is -0.893. The Labute approximate surface area is 103 Å². The molecule has 0 aromatic heterocycles. The molecule has 0 aromatic carbocycles. The van der Waals surface area contributed by atoms with Gasteiger partial charge in [-0.2, -0.15) is 0 Å². The average molecular weight is 262 g/mol. The van der Waals surface area contributed by atoms with Crippen LogP contribution in [-0.4, -0.2) is 38.4 Å². The van der Waals surface area contributed by atoms with Crippen molar-refractivity contribution in [3.8, 4) is 0 Å². The van der Waals surface area contributed by atoms with Crippen LogP contribution in [0.2, 0.25) is 0 Å². The minimum atomic E-state index is -3.33. The number of amides is 1. The van der Waals surface area contributed by atoms with Gasteiger partial charge in [-0.25, -0.2) is 8.42 Å². The van der Waals surface area contributed by atoms with Crippen molar-refractivity contribution >= 4 is 15.7 Å². The Hall–Kier alpha value is -0.620. The van der Waals surface area contributed by atoms with E-state index >= 15 is 0 Å². The van der Waals surface area contributed by atoms with Gasteiger partial charge >= 0.3 is 0 Å². The van der Waals surface area contributed by atoms with Crippen molar-refractivity contribution in [2.75, 3.05) is 18.1 Å². The van der Waals surface area contributed by atoms with Crippen molar-refractivity contribution in [1.29, 1.82) is 0 Å². The first kappa shape index (κ1) is 14.4. The van der Waals surface area contributed by atoms with Crippen LogP contribution in [0, 0.1) is 5.92 Å². The maximum absolute atomic E-state index is 11.7. The third-order valence-corrected chi connectivity index (χ3v) is 4.79. The summed E-state index contributed by atoms with van der Waals surface area (Å²) in [5.41, 5.74) is 5.38. The van der Waals surface area contributed by atoms with Gasteiger partial charge in [0.1, 0.15) is 5.75 Å². The Bertz CT molecular complexity index is 348. The van der Waals surface area contributed by atoms with E-state index in [-0.39, 0.29) is 23.6 Å². The second kappa shape index (κ2) is 6.35. The number of carbonyl (C=O) groups is 1. The van der Waals surface area contributed by atoms with Gasteiger partial charge in [-0.1, -0.05) is 19.8 Å². The maximum atomic E-state index is 11.7. The monoisotopic (exact) mass is 262 g/mol. The molecule has 1 saturated carbocycles. The second-order valence-electron chi connectivity index (χ2n) is 4.94. The molecule has 0 saturated heterocycles. The molecule has 1 amide bonds. The van der Waals surface area contributed by atoms with Crippen molar-refractivity contribution in [1.82, 2.24) is 5.32 Å². The third-order valence-electron chi connectivity index (χ3n) is 3.01. The van der Waals surface area contributed by atoms with Gasteiger partial charge in [-0.3, -0.25) is 4.79 Å². The number of carbonyl (C=O) groups excluding carboxylic acids is 1. The van der Waals surface area contributed by atoms with E-state index in [9.17, 15) is 13.2 Å². The lowest BCUT2D eigenvalue weighted by atomic mass is 10.2. The highest BCUT2D eigenvalue weighted by atomic mass is 32.2. The molecule has 0 heterocycles. The van der Waals surface area contributed by atoms with Crippen molar-refractivity contribution in [3.05, 3.63) is 0 Å². The molecule has 1 rings (SSSR count). The molecular formula is C11H22N2O3S. The number of rotatable bonds is 6. The highest BCUT2D eigenvalue weighted by Crippen LogP contribution is 2.17. The summed E-state index contributed by atoms with van der Waals surface area (Å²) in [7, 11) is -3.33.